The molecule has 4 rings (SSSR count). The van der Waals surface area contributed by atoms with E-state index in [1.54, 1.807) is 0 Å². The first-order valence-electron chi connectivity index (χ1n) is 10.8. The molecule has 0 aromatic carbocycles. The number of likely N-dealkylation sites (tertiary alicyclic amines) is 1. The Hall–Kier alpha value is -1.30. The molecular formula is C21H35N3O3. The van der Waals surface area contributed by atoms with E-state index in [1.165, 1.54) is 25.7 Å². The van der Waals surface area contributed by atoms with Gasteiger partial charge in [-0.1, -0.05) is 12.8 Å². The van der Waals surface area contributed by atoms with Crippen molar-refractivity contribution in [3.05, 3.63) is 0 Å². The molecule has 0 unspecified atom stereocenters. The predicted octanol–water partition coefficient (Wildman–Crippen LogP) is 2.67. The van der Waals surface area contributed by atoms with E-state index < -0.39 is 0 Å². The molecule has 0 aromatic rings. The third-order valence-corrected chi connectivity index (χ3v) is 7.04. The smallest absolute Gasteiger partial charge is 0.317 e. The molecule has 4 aliphatic rings. The number of nitrogens with one attached hydrogen (secondary N) is 2. The molecule has 3 amide bonds. The molecule has 2 N–H and O–H groups in total. The van der Waals surface area contributed by atoms with Gasteiger partial charge in [0, 0.05) is 36.9 Å². The van der Waals surface area contributed by atoms with E-state index in [9.17, 15) is 9.59 Å². The van der Waals surface area contributed by atoms with Gasteiger partial charge in [0.2, 0.25) is 5.91 Å². The average molecular weight is 378 g/mol. The molecule has 6 nitrogen and oxygen atoms in total. The summed E-state index contributed by atoms with van der Waals surface area (Å²) >= 11 is 0. The number of carbonyl (C=O) groups is 2. The van der Waals surface area contributed by atoms with Crippen LogP contribution in [0.25, 0.3) is 0 Å². The average Bonchev–Trinajstić information content (AvgIpc) is 3.31. The molecule has 1 saturated carbocycles. The fraction of sp³-hybridized carbons (Fsp3) is 0.905. The van der Waals surface area contributed by atoms with Gasteiger partial charge in [0.15, 0.2) is 0 Å². The zero-order valence-corrected chi connectivity index (χ0v) is 17.1. The van der Waals surface area contributed by atoms with Crippen molar-refractivity contribution >= 4 is 11.9 Å². The van der Waals surface area contributed by atoms with Gasteiger partial charge in [0.1, 0.15) is 0 Å². The van der Waals surface area contributed by atoms with Crippen LogP contribution in [0.2, 0.25) is 0 Å². The molecule has 152 valence electrons. The topological polar surface area (TPSA) is 70.7 Å². The lowest BCUT2D eigenvalue weighted by atomic mass is 9.73. The number of carbonyl (C=O) groups excluding carboxylic acids is 2. The van der Waals surface area contributed by atoms with Crippen molar-refractivity contribution in [2.45, 2.75) is 83.0 Å². The van der Waals surface area contributed by atoms with Crippen molar-refractivity contribution in [2.75, 3.05) is 19.6 Å². The highest BCUT2D eigenvalue weighted by Crippen LogP contribution is 2.54. The van der Waals surface area contributed by atoms with Gasteiger partial charge in [-0.3, -0.25) is 4.79 Å². The van der Waals surface area contributed by atoms with Crippen LogP contribution in [0.5, 0.6) is 0 Å². The van der Waals surface area contributed by atoms with Crippen LogP contribution in [0.4, 0.5) is 4.79 Å². The number of hydrogen-bond donors (Lipinski definition) is 2. The van der Waals surface area contributed by atoms with Gasteiger partial charge in [-0.2, -0.15) is 0 Å². The second-order valence-electron chi connectivity index (χ2n) is 10.2. The van der Waals surface area contributed by atoms with Gasteiger partial charge in [-0.25, -0.2) is 4.79 Å². The van der Waals surface area contributed by atoms with Crippen molar-refractivity contribution in [3.8, 4) is 0 Å². The van der Waals surface area contributed by atoms with E-state index in [-0.39, 0.29) is 29.2 Å². The Morgan fingerprint density at radius 2 is 1.93 bits per heavy atom. The molecule has 4 fully saturated rings. The largest absolute Gasteiger partial charge is 0.369 e. The molecular weight excluding hydrogens is 342 g/mol. The highest BCUT2D eigenvalue weighted by Gasteiger charge is 2.63. The SMILES string of the molecule is CC(C)(C)NC(=O)N1C[C@@H]2[C@H](CNC(=O)CC3CCCC3)[C@H]3CC[C@]2(C1)O3. The van der Waals surface area contributed by atoms with Crippen LogP contribution in [0, 0.1) is 17.8 Å². The normalized spacial score (nSPS) is 35.5. The zero-order valence-electron chi connectivity index (χ0n) is 17.1. The number of urea groups is 1. The molecule has 4 atom stereocenters. The van der Waals surface area contributed by atoms with Crippen LogP contribution in [0.15, 0.2) is 0 Å². The number of hydrogen-bond acceptors (Lipinski definition) is 3. The van der Waals surface area contributed by atoms with E-state index in [2.05, 4.69) is 10.6 Å². The Bertz CT molecular complexity index is 596. The Morgan fingerprint density at radius 1 is 1.19 bits per heavy atom. The predicted molar refractivity (Wildman–Crippen MR) is 103 cm³/mol. The second-order valence-corrected chi connectivity index (χ2v) is 10.2. The fourth-order valence-electron chi connectivity index (χ4n) is 5.80. The Kier molecular flexibility index (Phi) is 4.90. The Labute approximate surface area is 162 Å². The van der Waals surface area contributed by atoms with E-state index in [0.717, 1.165) is 19.4 Å². The van der Waals surface area contributed by atoms with Gasteiger partial charge in [-0.05, 0) is 52.4 Å². The van der Waals surface area contributed by atoms with Crippen LogP contribution >= 0.6 is 0 Å². The maximum absolute atomic E-state index is 12.6. The van der Waals surface area contributed by atoms with Gasteiger partial charge >= 0.3 is 6.03 Å². The molecule has 3 saturated heterocycles. The highest BCUT2D eigenvalue weighted by molar-refractivity contribution is 5.76. The molecule has 0 aromatic heterocycles. The van der Waals surface area contributed by atoms with Crippen LogP contribution in [0.3, 0.4) is 0 Å². The van der Waals surface area contributed by atoms with Crippen molar-refractivity contribution < 1.29 is 14.3 Å². The zero-order chi connectivity index (χ0) is 19.2. The molecule has 3 heterocycles. The Morgan fingerprint density at radius 3 is 2.63 bits per heavy atom. The summed E-state index contributed by atoms with van der Waals surface area (Å²) in [4.78, 5) is 26.9. The molecule has 3 aliphatic heterocycles. The van der Waals surface area contributed by atoms with Crippen molar-refractivity contribution in [1.82, 2.24) is 15.5 Å². The maximum Gasteiger partial charge on any atom is 0.317 e. The second kappa shape index (κ2) is 6.94. The van der Waals surface area contributed by atoms with Crippen molar-refractivity contribution in [3.63, 3.8) is 0 Å². The molecule has 27 heavy (non-hydrogen) atoms. The molecule has 6 heteroatoms. The van der Waals surface area contributed by atoms with Gasteiger partial charge < -0.3 is 20.3 Å². The van der Waals surface area contributed by atoms with E-state index >= 15 is 0 Å². The molecule has 1 spiro atoms. The molecule has 1 aliphatic carbocycles. The lowest BCUT2D eigenvalue weighted by Gasteiger charge is -2.29. The first-order valence-corrected chi connectivity index (χ1v) is 10.8. The number of nitrogens with zero attached hydrogens (tertiary/aromatic N) is 1. The summed E-state index contributed by atoms with van der Waals surface area (Å²) in [6, 6.07) is 0.00217. The summed E-state index contributed by atoms with van der Waals surface area (Å²) in [7, 11) is 0. The summed E-state index contributed by atoms with van der Waals surface area (Å²) in [5, 5.41) is 6.26. The summed E-state index contributed by atoms with van der Waals surface area (Å²) in [5.74, 6) is 1.45. The van der Waals surface area contributed by atoms with E-state index in [4.69, 9.17) is 4.74 Å². The first-order chi connectivity index (χ1) is 12.8. The minimum absolute atomic E-state index is 0.00217. The van der Waals surface area contributed by atoms with Gasteiger partial charge in [0.25, 0.3) is 0 Å². The van der Waals surface area contributed by atoms with E-state index in [0.29, 0.717) is 37.3 Å². The number of ether oxygens (including phenoxy) is 1. The quantitative estimate of drug-likeness (QED) is 0.791. The maximum atomic E-state index is 12.6. The summed E-state index contributed by atoms with van der Waals surface area (Å²) < 4.78 is 6.40. The third kappa shape index (κ3) is 3.82. The summed E-state index contributed by atoms with van der Waals surface area (Å²) in [6.45, 7) is 8.13. The lowest BCUT2D eigenvalue weighted by Crippen LogP contribution is -2.48. The first kappa shape index (κ1) is 19.0. The van der Waals surface area contributed by atoms with Crippen LogP contribution in [-0.2, 0) is 9.53 Å². The molecule has 2 bridgehead atoms. The van der Waals surface area contributed by atoms with Gasteiger partial charge in [-0.15, -0.1) is 0 Å². The molecule has 0 radical (unpaired) electrons. The summed E-state index contributed by atoms with van der Waals surface area (Å²) in [5.41, 5.74) is -0.417. The summed E-state index contributed by atoms with van der Waals surface area (Å²) in [6.07, 6.45) is 7.95. The lowest BCUT2D eigenvalue weighted by molar-refractivity contribution is -0.122. The minimum Gasteiger partial charge on any atom is -0.369 e. The third-order valence-electron chi connectivity index (χ3n) is 7.04. The van der Waals surface area contributed by atoms with Crippen molar-refractivity contribution in [1.29, 1.82) is 0 Å². The number of rotatable bonds is 4. The standard InChI is InChI=1S/C21H35N3O3/c1-20(2,3)23-19(26)24-12-16-15(17-8-9-21(16,13-24)27-17)11-22-18(25)10-14-6-4-5-7-14/h14-17H,4-13H2,1-3H3,(H,22,25)(H,23,26)/t15-,16+,17+,21+/m0/s1. The Balaban J connectivity index is 1.34. The number of amides is 3. The van der Waals surface area contributed by atoms with E-state index in [1.807, 2.05) is 25.7 Å². The minimum atomic E-state index is -0.237. The van der Waals surface area contributed by atoms with Crippen LogP contribution in [-0.4, -0.2) is 53.7 Å². The van der Waals surface area contributed by atoms with Crippen molar-refractivity contribution in [2.24, 2.45) is 17.8 Å². The van der Waals surface area contributed by atoms with Crippen LogP contribution < -0.4 is 10.6 Å². The monoisotopic (exact) mass is 377 g/mol. The van der Waals surface area contributed by atoms with Gasteiger partial charge in [0.05, 0.1) is 18.2 Å². The fourth-order valence-corrected chi connectivity index (χ4v) is 5.80. The number of fused-ring (bicyclic) bond motifs is 1. The van der Waals surface area contributed by atoms with Crippen LogP contribution in [0.1, 0.15) is 65.7 Å². The highest BCUT2D eigenvalue weighted by atomic mass is 16.5.